The number of hydrogen-bond donors (Lipinski definition) is 1. The van der Waals surface area contributed by atoms with Crippen molar-refractivity contribution in [1.29, 1.82) is 0 Å². The first-order chi connectivity index (χ1) is 9.40. The van der Waals surface area contributed by atoms with Gasteiger partial charge in [-0.2, -0.15) is 0 Å². The lowest BCUT2D eigenvalue weighted by Gasteiger charge is -2.37. The van der Waals surface area contributed by atoms with Crippen molar-refractivity contribution in [3.8, 4) is 0 Å². The molecule has 0 aromatic heterocycles. The lowest BCUT2D eigenvalue weighted by Crippen LogP contribution is -2.50. The summed E-state index contributed by atoms with van der Waals surface area (Å²) in [7, 11) is 0. The standard InChI is InChI=1S/C14H19F2N3O/c1-9(2)18-3-5-19(6-4-18)14(20)10-7-11(15)12(16)8-13(10)17/h7-9H,3-6,17H2,1-2H3. The molecule has 1 aliphatic heterocycles. The molecule has 1 aliphatic rings. The van der Waals surface area contributed by atoms with Crippen molar-refractivity contribution in [3.05, 3.63) is 29.3 Å². The summed E-state index contributed by atoms with van der Waals surface area (Å²) < 4.78 is 26.3. The predicted molar refractivity (Wildman–Crippen MR) is 73.4 cm³/mol. The van der Waals surface area contributed by atoms with Gasteiger partial charge in [0.1, 0.15) is 0 Å². The van der Waals surface area contributed by atoms with E-state index in [4.69, 9.17) is 5.73 Å². The van der Waals surface area contributed by atoms with Crippen LogP contribution in [0.3, 0.4) is 0 Å². The Morgan fingerprint density at radius 2 is 1.70 bits per heavy atom. The smallest absolute Gasteiger partial charge is 0.256 e. The largest absolute Gasteiger partial charge is 0.398 e. The second kappa shape index (κ2) is 5.75. The Bertz CT molecular complexity index is 511. The number of rotatable bonds is 2. The van der Waals surface area contributed by atoms with Crippen LogP contribution in [0.2, 0.25) is 0 Å². The van der Waals surface area contributed by atoms with Crippen LogP contribution < -0.4 is 5.73 Å². The number of hydrogen-bond acceptors (Lipinski definition) is 3. The summed E-state index contributed by atoms with van der Waals surface area (Å²) in [6, 6.07) is 2.16. The highest BCUT2D eigenvalue weighted by Crippen LogP contribution is 2.20. The van der Waals surface area contributed by atoms with Gasteiger partial charge in [-0.25, -0.2) is 8.78 Å². The van der Waals surface area contributed by atoms with Crippen LogP contribution in [0.1, 0.15) is 24.2 Å². The van der Waals surface area contributed by atoms with Gasteiger partial charge in [0.25, 0.3) is 5.91 Å². The third-order valence-electron chi connectivity index (χ3n) is 3.65. The Labute approximate surface area is 117 Å². The molecular weight excluding hydrogens is 264 g/mol. The molecule has 110 valence electrons. The number of nitrogens with two attached hydrogens (primary N) is 1. The van der Waals surface area contributed by atoms with Gasteiger partial charge in [-0.15, -0.1) is 0 Å². The Hall–Kier alpha value is -1.69. The van der Waals surface area contributed by atoms with Gasteiger partial charge in [-0.1, -0.05) is 0 Å². The molecule has 20 heavy (non-hydrogen) atoms. The summed E-state index contributed by atoms with van der Waals surface area (Å²) in [5, 5.41) is 0. The molecule has 4 nitrogen and oxygen atoms in total. The molecule has 1 heterocycles. The molecule has 2 N–H and O–H groups in total. The summed E-state index contributed by atoms with van der Waals surface area (Å²) in [5.41, 5.74) is 5.61. The van der Waals surface area contributed by atoms with Gasteiger partial charge in [-0.3, -0.25) is 9.69 Å². The van der Waals surface area contributed by atoms with Crippen LogP contribution in [0, 0.1) is 11.6 Å². The van der Waals surface area contributed by atoms with Crippen molar-refractivity contribution < 1.29 is 13.6 Å². The van der Waals surface area contributed by atoms with Crippen LogP contribution in [0.5, 0.6) is 0 Å². The van der Waals surface area contributed by atoms with E-state index in [-0.39, 0.29) is 17.2 Å². The van der Waals surface area contributed by atoms with Gasteiger partial charge < -0.3 is 10.6 Å². The fraction of sp³-hybridized carbons (Fsp3) is 0.500. The van der Waals surface area contributed by atoms with Gasteiger partial charge in [-0.05, 0) is 19.9 Å². The van der Waals surface area contributed by atoms with E-state index in [1.54, 1.807) is 4.90 Å². The van der Waals surface area contributed by atoms with Crippen molar-refractivity contribution in [2.45, 2.75) is 19.9 Å². The molecule has 1 fully saturated rings. The first-order valence-corrected chi connectivity index (χ1v) is 6.68. The highest BCUT2D eigenvalue weighted by Gasteiger charge is 2.25. The van der Waals surface area contributed by atoms with Crippen molar-refractivity contribution >= 4 is 11.6 Å². The number of piperazine rings is 1. The highest BCUT2D eigenvalue weighted by atomic mass is 19.2. The number of nitrogen functional groups attached to an aromatic ring is 1. The maximum atomic E-state index is 13.2. The fourth-order valence-electron chi connectivity index (χ4n) is 2.36. The van der Waals surface area contributed by atoms with Crippen LogP contribution >= 0.6 is 0 Å². The highest BCUT2D eigenvalue weighted by molar-refractivity contribution is 5.99. The summed E-state index contributed by atoms with van der Waals surface area (Å²) in [5.74, 6) is -2.43. The molecule has 1 aromatic rings. The van der Waals surface area contributed by atoms with Crippen LogP contribution in [-0.4, -0.2) is 47.9 Å². The molecule has 0 unspecified atom stereocenters. The molecule has 1 amide bonds. The molecule has 0 spiro atoms. The number of amides is 1. The summed E-state index contributed by atoms with van der Waals surface area (Å²) in [6.45, 7) is 6.88. The third kappa shape index (κ3) is 2.90. The van der Waals surface area contributed by atoms with Gasteiger partial charge in [0.15, 0.2) is 11.6 Å². The number of benzene rings is 1. The normalized spacial score (nSPS) is 16.8. The fourth-order valence-corrected chi connectivity index (χ4v) is 2.36. The number of nitrogens with zero attached hydrogens (tertiary/aromatic N) is 2. The van der Waals surface area contributed by atoms with Crippen molar-refractivity contribution in [2.24, 2.45) is 0 Å². The zero-order chi connectivity index (χ0) is 14.9. The van der Waals surface area contributed by atoms with Crippen molar-refractivity contribution in [2.75, 3.05) is 31.9 Å². The minimum atomic E-state index is -1.05. The minimum absolute atomic E-state index is 0.0276. The lowest BCUT2D eigenvalue weighted by atomic mass is 10.1. The Morgan fingerprint density at radius 3 is 2.25 bits per heavy atom. The molecule has 0 bridgehead atoms. The Balaban J connectivity index is 2.11. The van der Waals surface area contributed by atoms with E-state index in [0.29, 0.717) is 19.1 Å². The van der Waals surface area contributed by atoms with E-state index in [0.717, 1.165) is 25.2 Å². The quantitative estimate of drug-likeness (QED) is 0.841. The van der Waals surface area contributed by atoms with E-state index >= 15 is 0 Å². The monoisotopic (exact) mass is 283 g/mol. The number of halogens is 2. The molecule has 0 saturated carbocycles. The van der Waals surface area contributed by atoms with Gasteiger partial charge in [0, 0.05) is 44.0 Å². The zero-order valence-electron chi connectivity index (χ0n) is 11.7. The second-order valence-corrected chi connectivity index (χ2v) is 5.28. The number of anilines is 1. The molecule has 0 atom stereocenters. The lowest BCUT2D eigenvalue weighted by molar-refractivity contribution is 0.0596. The van der Waals surface area contributed by atoms with Crippen LogP contribution in [0.25, 0.3) is 0 Å². The number of carbonyl (C=O) groups is 1. The van der Waals surface area contributed by atoms with Gasteiger partial charge in [0.2, 0.25) is 0 Å². The predicted octanol–water partition coefficient (Wildman–Crippen LogP) is 1.71. The molecule has 0 radical (unpaired) electrons. The van der Waals surface area contributed by atoms with E-state index in [1.807, 2.05) is 0 Å². The SMILES string of the molecule is CC(C)N1CCN(C(=O)c2cc(F)c(F)cc2N)CC1. The average Bonchev–Trinajstić information content (AvgIpc) is 2.42. The van der Waals surface area contributed by atoms with Crippen molar-refractivity contribution in [3.63, 3.8) is 0 Å². The van der Waals surface area contributed by atoms with E-state index in [1.165, 1.54) is 0 Å². The van der Waals surface area contributed by atoms with Gasteiger partial charge >= 0.3 is 0 Å². The first kappa shape index (κ1) is 14.7. The Kier molecular flexibility index (Phi) is 4.23. The average molecular weight is 283 g/mol. The maximum absolute atomic E-state index is 13.2. The summed E-state index contributed by atoms with van der Waals surface area (Å²) >= 11 is 0. The summed E-state index contributed by atoms with van der Waals surface area (Å²) in [4.78, 5) is 16.2. The van der Waals surface area contributed by atoms with Crippen LogP contribution in [0.4, 0.5) is 14.5 Å². The van der Waals surface area contributed by atoms with Gasteiger partial charge in [0.05, 0.1) is 5.56 Å². The molecule has 2 rings (SSSR count). The first-order valence-electron chi connectivity index (χ1n) is 6.68. The van der Waals surface area contributed by atoms with E-state index < -0.39 is 11.6 Å². The molecule has 1 aromatic carbocycles. The molecule has 0 aliphatic carbocycles. The van der Waals surface area contributed by atoms with Crippen LogP contribution in [-0.2, 0) is 0 Å². The number of carbonyl (C=O) groups excluding carboxylic acids is 1. The van der Waals surface area contributed by atoms with E-state index in [9.17, 15) is 13.6 Å². The maximum Gasteiger partial charge on any atom is 0.256 e. The summed E-state index contributed by atoms with van der Waals surface area (Å²) in [6.07, 6.45) is 0. The van der Waals surface area contributed by atoms with E-state index in [2.05, 4.69) is 18.7 Å². The Morgan fingerprint density at radius 1 is 1.15 bits per heavy atom. The third-order valence-corrected chi connectivity index (χ3v) is 3.65. The zero-order valence-corrected chi connectivity index (χ0v) is 11.7. The topological polar surface area (TPSA) is 49.6 Å². The minimum Gasteiger partial charge on any atom is -0.398 e. The van der Waals surface area contributed by atoms with Crippen LogP contribution in [0.15, 0.2) is 12.1 Å². The molecular formula is C14H19F2N3O. The second-order valence-electron chi connectivity index (χ2n) is 5.28. The molecule has 6 heteroatoms. The molecule has 1 saturated heterocycles. The van der Waals surface area contributed by atoms with Crippen molar-refractivity contribution in [1.82, 2.24) is 9.80 Å².